The second-order valence-electron chi connectivity index (χ2n) is 12.6. The molecule has 0 N–H and O–H groups in total. The number of hydrogen-bond acceptors (Lipinski definition) is 2. The lowest BCUT2D eigenvalue weighted by Crippen LogP contribution is -1.95. The van der Waals surface area contributed by atoms with Crippen molar-refractivity contribution in [3.8, 4) is 39.2 Å². The Morgan fingerprint density at radius 2 is 0.837 bits per heavy atom. The highest BCUT2D eigenvalue weighted by molar-refractivity contribution is 6.24. The number of benzene rings is 8. The minimum Gasteiger partial charge on any atom is -0.309 e. The molecule has 0 fully saturated rings. The molecule has 3 nitrogen and oxygen atoms in total. The molecule has 0 bridgehead atoms. The Hall–Kier alpha value is -6.58. The van der Waals surface area contributed by atoms with Gasteiger partial charge >= 0.3 is 0 Å². The third-order valence-corrected chi connectivity index (χ3v) is 9.83. The van der Waals surface area contributed by atoms with Crippen LogP contribution in [0.25, 0.3) is 93.6 Å². The Kier molecular flexibility index (Phi) is 6.18. The van der Waals surface area contributed by atoms with E-state index >= 15 is 0 Å². The zero-order chi connectivity index (χ0) is 32.3. The third kappa shape index (κ3) is 4.44. The second kappa shape index (κ2) is 11.0. The summed E-state index contributed by atoms with van der Waals surface area (Å²) in [6, 6.07) is 60.5. The number of aromatic nitrogens is 3. The molecule has 0 amide bonds. The van der Waals surface area contributed by atoms with Crippen molar-refractivity contribution in [3.05, 3.63) is 176 Å². The summed E-state index contributed by atoms with van der Waals surface area (Å²) in [7, 11) is 0. The van der Waals surface area contributed by atoms with Crippen LogP contribution in [0.3, 0.4) is 0 Å². The Bertz CT molecular complexity index is 2800. The highest BCUT2D eigenvalue weighted by Gasteiger charge is 2.16. The number of hydrogen-bond donors (Lipinski definition) is 0. The quantitative estimate of drug-likeness (QED) is 0.183. The standard InChI is InChI=1S/C46H29N3/c1-3-11-30(12-4-1)33-21-25-36-37-26-22-34(31-13-5-2-6-14-31)28-41(37)46-45(40(36)27-33)47-29-42(48-46)32-19-23-35(24-20-32)49-43-17-9-7-15-38(43)39-16-8-10-18-44(39)49/h1-29H. The summed E-state index contributed by atoms with van der Waals surface area (Å²) in [5.74, 6) is 0. The summed E-state index contributed by atoms with van der Waals surface area (Å²) >= 11 is 0. The average molecular weight is 624 g/mol. The molecule has 10 rings (SSSR count). The van der Waals surface area contributed by atoms with E-state index in [1.807, 2.05) is 6.20 Å². The van der Waals surface area contributed by atoms with Crippen LogP contribution in [0, 0.1) is 0 Å². The monoisotopic (exact) mass is 623 g/mol. The largest absolute Gasteiger partial charge is 0.309 e. The van der Waals surface area contributed by atoms with E-state index in [0.717, 1.165) is 44.3 Å². The molecule has 0 aliphatic heterocycles. The van der Waals surface area contributed by atoms with Crippen LogP contribution >= 0.6 is 0 Å². The fraction of sp³-hybridized carbons (Fsp3) is 0. The molecule has 49 heavy (non-hydrogen) atoms. The molecule has 0 aliphatic carbocycles. The molecule has 10 aromatic rings. The predicted molar refractivity (Wildman–Crippen MR) is 205 cm³/mol. The average Bonchev–Trinajstić information content (AvgIpc) is 3.52. The summed E-state index contributed by atoms with van der Waals surface area (Å²) in [4.78, 5) is 10.5. The minimum atomic E-state index is 0.853. The Morgan fingerprint density at radius 1 is 0.347 bits per heavy atom. The van der Waals surface area contributed by atoms with Gasteiger partial charge < -0.3 is 4.57 Å². The fourth-order valence-electron chi connectivity index (χ4n) is 7.47. The predicted octanol–water partition coefficient (Wildman–Crippen LogP) is 12.0. The lowest BCUT2D eigenvalue weighted by atomic mass is 9.93. The Morgan fingerprint density at radius 3 is 1.41 bits per heavy atom. The molecule has 0 saturated carbocycles. The first kappa shape index (κ1) is 27.5. The van der Waals surface area contributed by atoms with Gasteiger partial charge in [0.25, 0.3) is 0 Å². The molecule has 0 spiro atoms. The van der Waals surface area contributed by atoms with E-state index in [-0.39, 0.29) is 0 Å². The van der Waals surface area contributed by atoms with Crippen LogP contribution in [0.1, 0.15) is 0 Å². The van der Waals surface area contributed by atoms with Crippen LogP contribution in [0.4, 0.5) is 0 Å². The molecule has 228 valence electrons. The van der Waals surface area contributed by atoms with Crippen LogP contribution in [0.2, 0.25) is 0 Å². The van der Waals surface area contributed by atoms with Crippen molar-refractivity contribution in [1.29, 1.82) is 0 Å². The van der Waals surface area contributed by atoms with E-state index in [9.17, 15) is 0 Å². The molecule has 0 aliphatic rings. The summed E-state index contributed by atoms with van der Waals surface area (Å²) in [5, 5.41) is 7.08. The molecule has 0 atom stereocenters. The van der Waals surface area contributed by atoms with E-state index in [2.05, 4.69) is 174 Å². The summed E-state index contributed by atoms with van der Waals surface area (Å²) in [6.45, 7) is 0. The maximum atomic E-state index is 5.38. The fourth-order valence-corrected chi connectivity index (χ4v) is 7.47. The lowest BCUT2D eigenvalue weighted by Gasteiger charge is -2.14. The van der Waals surface area contributed by atoms with Gasteiger partial charge in [0.15, 0.2) is 0 Å². The Balaban J connectivity index is 1.17. The molecule has 0 unspecified atom stereocenters. The van der Waals surface area contributed by atoms with Gasteiger partial charge in [0.2, 0.25) is 0 Å². The zero-order valence-corrected chi connectivity index (χ0v) is 26.6. The van der Waals surface area contributed by atoms with E-state index in [1.165, 1.54) is 49.3 Å². The summed E-state index contributed by atoms with van der Waals surface area (Å²) in [5.41, 5.74) is 11.9. The van der Waals surface area contributed by atoms with E-state index < -0.39 is 0 Å². The van der Waals surface area contributed by atoms with Gasteiger partial charge in [-0.25, -0.2) is 4.98 Å². The summed E-state index contributed by atoms with van der Waals surface area (Å²) in [6.07, 6.45) is 1.93. The van der Waals surface area contributed by atoms with Gasteiger partial charge in [-0.2, -0.15) is 0 Å². The Labute approximate surface area is 283 Å². The smallest absolute Gasteiger partial charge is 0.0979 e. The highest BCUT2D eigenvalue weighted by Crippen LogP contribution is 2.39. The first-order valence-electron chi connectivity index (χ1n) is 16.7. The second-order valence-corrected chi connectivity index (χ2v) is 12.6. The van der Waals surface area contributed by atoms with Gasteiger partial charge in [-0.1, -0.05) is 133 Å². The van der Waals surface area contributed by atoms with Crippen molar-refractivity contribution in [2.24, 2.45) is 0 Å². The number of rotatable bonds is 4. The van der Waals surface area contributed by atoms with Crippen molar-refractivity contribution < 1.29 is 0 Å². The molecular weight excluding hydrogens is 595 g/mol. The number of fused-ring (bicyclic) bond motifs is 9. The molecule has 8 aromatic carbocycles. The van der Waals surface area contributed by atoms with Gasteiger partial charge in [-0.15, -0.1) is 0 Å². The molecule has 2 aromatic heterocycles. The van der Waals surface area contributed by atoms with Crippen LogP contribution in [0.15, 0.2) is 176 Å². The van der Waals surface area contributed by atoms with Crippen molar-refractivity contribution in [1.82, 2.24) is 14.5 Å². The molecule has 3 heteroatoms. The lowest BCUT2D eigenvalue weighted by molar-refractivity contribution is 1.18. The molecule has 0 radical (unpaired) electrons. The minimum absolute atomic E-state index is 0.853. The first-order chi connectivity index (χ1) is 24.3. The van der Waals surface area contributed by atoms with E-state index in [1.54, 1.807) is 0 Å². The van der Waals surface area contributed by atoms with Crippen LogP contribution in [-0.2, 0) is 0 Å². The van der Waals surface area contributed by atoms with Crippen LogP contribution in [0.5, 0.6) is 0 Å². The maximum Gasteiger partial charge on any atom is 0.0979 e. The zero-order valence-electron chi connectivity index (χ0n) is 26.6. The van der Waals surface area contributed by atoms with Gasteiger partial charge in [0.1, 0.15) is 0 Å². The topological polar surface area (TPSA) is 30.7 Å². The highest BCUT2D eigenvalue weighted by atomic mass is 15.0. The van der Waals surface area contributed by atoms with Crippen LogP contribution in [-0.4, -0.2) is 14.5 Å². The maximum absolute atomic E-state index is 5.38. The normalized spacial score (nSPS) is 11.7. The first-order valence-corrected chi connectivity index (χ1v) is 16.7. The number of para-hydroxylation sites is 2. The third-order valence-electron chi connectivity index (χ3n) is 9.83. The van der Waals surface area contributed by atoms with Gasteiger partial charge in [0, 0.05) is 32.8 Å². The van der Waals surface area contributed by atoms with Crippen LogP contribution < -0.4 is 0 Å². The SMILES string of the molecule is c1ccc(-c2ccc3c4ccc(-c5ccccc5)cc4c4nc(-c5ccc(-n6c7ccccc7c7ccccc76)cc5)cnc4c3c2)cc1. The molecule has 2 heterocycles. The van der Waals surface area contributed by atoms with E-state index in [4.69, 9.17) is 9.97 Å². The van der Waals surface area contributed by atoms with Gasteiger partial charge in [-0.05, 0) is 69.4 Å². The van der Waals surface area contributed by atoms with Crippen molar-refractivity contribution in [2.45, 2.75) is 0 Å². The van der Waals surface area contributed by atoms with Gasteiger partial charge in [-0.3, -0.25) is 4.98 Å². The number of nitrogens with zero attached hydrogens (tertiary/aromatic N) is 3. The van der Waals surface area contributed by atoms with E-state index in [0.29, 0.717) is 0 Å². The van der Waals surface area contributed by atoms with Crippen molar-refractivity contribution in [2.75, 3.05) is 0 Å². The summed E-state index contributed by atoms with van der Waals surface area (Å²) < 4.78 is 2.34. The van der Waals surface area contributed by atoms with Crippen molar-refractivity contribution >= 4 is 54.4 Å². The van der Waals surface area contributed by atoms with Gasteiger partial charge in [0.05, 0.1) is 34.0 Å². The van der Waals surface area contributed by atoms with Crippen molar-refractivity contribution in [3.63, 3.8) is 0 Å². The molecule has 0 saturated heterocycles. The molecular formula is C46H29N3.